The predicted molar refractivity (Wildman–Crippen MR) is 78.6 cm³/mol. The first-order chi connectivity index (χ1) is 9.24. The van der Waals surface area contributed by atoms with E-state index in [9.17, 15) is 9.90 Å². The van der Waals surface area contributed by atoms with Gasteiger partial charge in [-0.1, -0.05) is 44.7 Å². The Morgan fingerprint density at radius 1 is 1.11 bits per heavy atom. The van der Waals surface area contributed by atoms with E-state index in [1.54, 1.807) is 4.57 Å². The minimum absolute atomic E-state index is 0.0721. The van der Waals surface area contributed by atoms with Crippen molar-refractivity contribution in [2.24, 2.45) is 0 Å². The Labute approximate surface area is 113 Å². The first kappa shape index (κ1) is 13.7. The van der Waals surface area contributed by atoms with Crippen molar-refractivity contribution < 1.29 is 5.11 Å². The van der Waals surface area contributed by atoms with Gasteiger partial charge in [-0.25, -0.2) is 0 Å². The monoisotopic (exact) mass is 259 g/mol. The molecule has 3 heteroatoms. The number of benzene rings is 1. The molecule has 0 saturated carbocycles. The van der Waals surface area contributed by atoms with Crippen LogP contribution in [0.2, 0.25) is 0 Å². The van der Waals surface area contributed by atoms with E-state index < -0.39 is 0 Å². The van der Waals surface area contributed by atoms with Gasteiger partial charge < -0.3 is 9.67 Å². The Balaban J connectivity index is 2.20. The molecule has 1 N–H and O–H groups in total. The highest BCUT2D eigenvalue weighted by molar-refractivity contribution is 5.84. The van der Waals surface area contributed by atoms with Crippen LogP contribution in [0, 0.1) is 0 Å². The van der Waals surface area contributed by atoms with E-state index in [4.69, 9.17) is 0 Å². The van der Waals surface area contributed by atoms with Crippen LogP contribution in [-0.4, -0.2) is 9.67 Å². The number of rotatable bonds is 6. The van der Waals surface area contributed by atoms with Crippen molar-refractivity contribution in [3.8, 4) is 5.75 Å². The summed E-state index contributed by atoms with van der Waals surface area (Å²) in [7, 11) is 0. The highest BCUT2D eigenvalue weighted by Crippen LogP contribution is 2.22. The van der Waals surface area contributed by atoms with Gasteiger partial charge in [0, 0.05) is 18.0 Å². The van der Waals surface area contributed by atoms with Gasteiger partial charge in [-0.05, 0) is 18.6 Å². The second-order valence-electron chi connectivity index (χ2n) is 4.95. The summed E-state index contributed by atoms with van der Waals surface area (Å²) in [4.78, 5) is 12.0. The van der Waals surface area contributed by atoms with Gasteiger partial charge in [0.05, 0.1) is 5.52 Å². The molecule has 0 aliphatic rings. The molecule has 0 aliphatic carbocycles. The molecule has 2 aromatic rings. The van der Waals surface area contributed by atoms with E-state index in [2.05, 4.69) is 6.92 Å². The van der Waals surface area contributed by atoms with Crippen LogP contribution < -0.4 is 5.56 Å². The standard InChI is InChI=1S/C16H21NO2/c1-2-3-4-5-8-11-17-14-10-7-6-9-13(14)15(18)12-16(17)19/h6-7,9-10,12,18H,2-5,8,11H2,1H3. The average molecular weight is 259 g/mol. The van der Waals surface area contributed by atoms with Gasteiger partial charge in [-0.3, -0.25) is 4.79 Å². The third kappa shape index (κ3) is 3.16. The molecule has 1 aromatic carbocycles. The fourth-order valence-corrected chi connectivity index (χ4v) is 2.42. The molecule has 0 aliphatic heterocycles. The lowest BCUT2D eigenvalue weighted by molar-refractivity contribution is 0.477. The van der Waals surface area contributed by atoms with Crippen LogP contribution in [-0.2, 0) is 6.54 Å². The van der Waals surface area contributed by atoms with Gasteiger partial charge in [-0.15, -0.1) is 0 Å². The maximum Gasteiger partial charge on any atom is 0.254 e. The van der Waals surface area contributed by atoms with Crippen LogP contribution in [0.25, 0.3) is 10.9 Å². The van der Waals surface area contributed by atoms with Gasteiger partial charge in [0.25, 0.3) is 5.56 Å². The first-order valence-corrected chi connectivity index (χ1v) is 7.05. The Bertz CT molecular complexity index is 601. The van der Waals surface area contributed by atoms with E-state index >= 15 is 0 Å². The van der Waals surface area contributed by atoms with Crippen molar-refractivity contribution in [3.63, 3.8) is 0 Å². The molecule has 3 nitrogen and oxygen atoms in total. The van der Waals surface area contributed by atoms with Crippen molar-refractivity contribution in [1.82, 2.24) is 4.57 Å². The minimum Gasteiger partial charge on any atom is -0.507 e. The molecular weight excluding hydrogens is 238 g/mol. The lowest BCUT2D eigenvalue weighted by Gasteiger charge is -2.11. The van der Waals surface area contributed by atoms with Crippen LogP contribution in [0.1, 0.15) is 39.0 Å². The normalized spacial score (nSPS) is 11.0. The third-order valence-electron chi connectivity index (χ3n) is 3.48. The van der Waals surface area contributed by atoms with Crippen molar-refractivity contribution in [2.75, 3.05) is 0 Å². The van der Waals surface area contributed by atoms with Gasteiger partial charge >= 0.3 is 0 Å². The summed E-state index contributed by atoms with van der Waals surface area (Å²) in [5.74, 6) is 0.0721. The number of aromatic hydroxyl groups is 1. The molecule has 0 atom stereocenters. The molecule has 0 saturated heterocycles. The van der Waals surface area contributed by atoms with Crippen molar-refractivity contribution in [3.05, 3.63) is 40.7 Å². The molecule has 1 aromatic heterocycles. The molecule has 0 radical (unpaired) electrons. The van der Waals surface area contributed by atoms with Gasteiger partial charge in [0.2, 0.25) is 0 Å². The van der Waals surface area contributed by atoms with E-state index in [1.807, 2.05) is 24.3 Å². The summed E-state index contributed by atoms with van der Waals surface area (Å²) in [6.45, 7) is 2.92. The summed E-state index contributed by atoms with van der Waals surface area (Å²) in [6.07, 6.45) is 5.86. The van der Waals surface area contributed by atoms with Gasteiger partial charge in [0.15, 0.2) is 0 Å². The molecule has 0 amide bonds. The smallest absolute Gasteiger partial charge is 0.254 e. The zero-order valence-electron chi connectivity index (χ0n) is 11.4. The maximum absolute atomic E-state index is 12.0. The maximum atomic E-state index is 12.0. The lowest BCUT2D eigenvalue weighted by Crippen LogP contribution is -2.19. The van der Waals surface area contributed by atoms with E-state index in [0.29, 0.717) is 0 Å². The molecule has 0 unspecified atom stereocenters. The number of pyridine rings is 1. The Morgan fingerprint density at radius 3 is 2.63 bits per heavy atom. The van der Waals surface area contributed by atoms with Crippen LogP contribution in [0.15, 0.2) is 35.1 Å². The van der Waals surface area contributed by atoms with Gasteiger partial charge in [-0.2, -0.15) is 0 Å². The number of aromatic nitrogens is 1. The molecule has 0 spiro atoms. The van der Waals surface area contributed by atoms with Gasteiger partial charge in [0.1, 0.15) is 5.75 Å². The second-order valence-corrected chi connectivity index (χ2v) is 4.95. The predicted octanol–water partition coefficient (Wildman–Crippen LogP) is 3.68. The first-order valence-electron chi connectivity index (χ1n) is 7.05. The third-order valence-corrected chi connectivity index (χ3v) is 3.48. The summed E-state index contributed by atoms with van der Waals surface area (Å²) in [5, 5.41) is 10.6. The number of fused-ring (bicyclic) bond motifs is 1. The Kier molecular flexibility index (Phi) is 4.61. The summed E-state index contributed by atoms with van der Waals surface area (Å²) < 4.78 is 1.76. The van der Waals surface area contributed by atoms with Crippen molar-refractivity contribution >= 4 is 10.9 Å². The summed E-state index contributed by atoms with van der Waals surface area (Å²) in [5.41, 5.74) is 0.703. The molecule has 0 bridgehead atoms. The molecule has 19 heavy (non-hydrogen) atoms. The zero-order valence-corrected chi connectivity index (χ0v) is 11.4. The Morgan fingerprint density at radius 2 is 1.84 bits per heavy atom. The minimum atomic E-state index is -0.119. The van der Waals surface area contributed by atoms with Crippen molar-refractivity contribution in [1.29, 1.82) is 0 Å². The SMILES string of the molecule is CCCCCCCn1c(=O)cc(O)c2ccccc21. The van der Waals surface area contributed by atoms with Crippen LogP contribution in [0.3, 0.4) is 0 Å². The zero-order chi connectivity index (χ0) is 13.7. The van der Waals surface area contributed by atoms with E-state index in [-0.39, 0.29) is 11.3 Å². The molecule has 2 rings (SSSR count). The number of aryl methyl sites for hydroxylation is 1. The van der Waals surface area contributed by atoms with Crippen molar-refractivity contribution in [2.45, 2.75) is 45.6 Å². The lowest BCUT2D eigenvalue weighted by atomic mass is 10.1. The van der Waals surface area contributed by atoms with Crippen LogP contribution in [0.4, 0.5) is 0 Å². The number of hydrogen-bond acceptors (Lipinski definition) is 2. The highest BCUT2D eigenvalue weighted by Gasteiger charge is 2.06. The topological polar surface area (TPSA) is 42.2 Å². The number of para-hydroxylation sites is 1. The second kappa shape index (κ2) is 6.41. The summed E-state index contributed by atoms with van der Waals surface area (Å²) >= 11 is 0. The number of hydrogen-bond donors (Lipinski definition) is 1. The quantitative estimate of drug-likeness (QED) is 0.804. The number of unbranched alkanes of at least 4 members (excludes halogenated alkanes) is 4. The van der Waals surface area contributed by atoms with Crippen LogP contribution in [0.5, 0.6) is 5.75 Å². The molecular formula is C16H21NO2. The molecule has 0 fully saturated rings. The largest absolute Gasteiger partial charge is 0.507 e. The summed E-state index contributed by atoms with van der Waals surface area (Å²) in [6, 6.07) is 8.82. The van der Waals surface area contributed by atoms with Crippen LogP contribution >= 0.6 is 0 Å². The fraction of sp³-hybridized carbons (Fsp3) is 0.438. The molecule has 102 valence electrons. The average Bonchev–Trinajstić information content (AvgIpc) is 2.42. The van der Waals surface area contributed by atoms with E-state index in [0.717, 1.165) is 30.3 Å². The highest BCUT2D eigenvalue weighted by atomic mass is 16.3. The fourth-order valence-electron chi connectivity index (χ4n) is 2.42. The molecule has 1 heterocycles. The van der Waals surface area contributed by atoms with E-state index in [1.165, 1.54) is 25.3 Å². The number of nitrogens with zero attached hydrogens (tertiary/aromatic N) is 1. The Hall–Kier alpha value is -1.77.